The lowest BCUT2D eigenvalue weighted by atomic mass is 10.1. The Morgan fingerprint density at radius 1 is 1.44 bits per heavy atom. The number of ether oxygens (including phenoxy) is 1. The quantitative estimate of drug-likeness (QED) is 0.479. The van der Waals surface area contributed by atoms with Crippen LogP contribution in [0.3, 0.4) is 0 Å². The molecule has 0 spiro atoms. The summed E-state index contributed by atoms with van der Waals surface area (Å²) in [4.78, 5) is 23.4. The number of amides is 1. The fourth-order valence-corrected chi connectivity index (χ4v) is 3.45. The van der Waals surface area contributed by atoms with Gasteiger partial charge in [-0.25, -0.2) is 0 Å². The Balaban J connectivity index is 1.76. The van der Waals surface area contributed by atoms with Gasteiger partial charge in [0, 0.05) is 21.6 Å². The number of thiol groups is 1. The van der Waals surface area contributed by atoms with Crippen molar-refractivity contribution >= 4 is 41.2 Å². The summed E-state index contributed by atoms with van der Waals surface area (Å²) in [6.07, 6.45) is 0.647. The van der Waals surface area contributed by atoms with Gasteiger partial charge in [-0.15, -0.1) is 12.6 Å². The van der Waals surface area contributed by atoms with Crippen molar-refractivity contribution in [3.63, 3.8) is 0 Å². The molecule has 134 valence electrons. The number of rotatable bonds is 4. The molecule has 6 nitrogen and oxygen atoms in total. The van der Waals surface area contributed by atoms with Crippen LogP contribution in [-0.2, 0) is 14.4 Å². The van der Waals surface area contributed by atoms with Crippen molar-refractivity contribution in [2.24, 2.45) is 10.1 Å². The largest absolute Gasteiger partial charge is 0.389 e. The smallest absolute Gasteiger partial charge is 0.279 e. The highest BCUT2D eigenvalue weighted by molar-refractivity contribution is 8.15. The Labute approximate surface area is 156 Å². The van der Waals surface area contributed by atoms with Crippen LogP contribution in [0.25, 0.3) is 0 Å². The number of hydrogen-bond donors (Lipinski definition) is 2. The maximum atomic E-state index is 12.7. The minimum atomic E-state index is -0.338. The van der Waals surface area contributed by atoms with Gasteiger partial charge in [0.2, 0.25) is 0 Å². The molecular formula is C17H21N3O3S2. The predicted octanol–water partition coefficient (Wildman–Crippen LogP) is 2.48. The molecule has 0 saturated carbocycles. The zero-order valence-electron chi connectivity index (χ0n) is 14.2. The van der Waals surface area contributed by atoms with Crippen LogP contribution >= 0.6 is 24.4 Å². The highest BCUT2D eigenvalue weighted by Gasteiger charge is 2.29. The summed E-state index contributed by atoms with van der Waals surface area (Å²) >= 11 is 5.82. The molecule has 2 aliphatic rings. The molecule has 2 heterocycles. The van der Waals surface area contributed by atoms with Crippen molar-refractivity contribution in [2.75, 3.05) is 19.8 Å². The first kappa shape index (κ1) is 18.3. The highest BCUT2D eigenvalue weighted by atomic mass is 32.2. The molecule has 1 N–H and O–H groups in total. The Hall–Kier alpha value is -1.51. The van der Waals surface area contributed by atoms with Crippen LogP contribution in [0.15, 0.2) is 39.3 Å². The van der Waals surface area contributed by atoms with E-state index in [9.17, 15) is 4.79 Å². The van der Waals surface area contributed by atoms with Gasteiger partial charge in [0.15, 0.2) is 17.0 Å². The van der Waals surface area contributed by atoms with Gasteiger partial charge in [0.25, 0.3) is 5.91 Å². The summed E-state index contributed by atoms with van der Waals surface area (Å²) in [5.74, 6) is -0.338. The molecule has 0 radical (unpaired) electrons. The molecule has 1 fully saturated rings. The SMILES string of the molecule is CC1(C)CN=C(NC(=O)/C(=N/O[C@@H]2CCOC2)c2ccc(S)cc2)S1. The lowest BCUT2D eigenvalue weighted by molar-refractivity contribution is -0.113. The Kier molecular flexibility index (Phi) is 5.71. The monoisotopic (exact) mass is 379 g/mol. The molecule has 25 heavy (non-hydrogen) atoms. The van der Waals surface area contributed by atoms with E-state index in [4.69, 9.17) is 9.57 Å². The van der Waals surface area contributed by atoms with E-state index in [0.29, 0.717) is 30.5 Å². The maximum absolute atomic E-state index is 12.7. The molecule has 1 atom stereocenters. The molecule has 0 unspecified atom stereocenters. The zero-order valence-corrected chi connectivity index (χ0v) is 15.9. The van der Waals surface area contributed by atoms with Gasteiger partial charge in [-0.3, -0.25) is 15.1 Å². The third kappa shape index (κ3) is 4.99. The van der Waals surface area contributed by atoms with Crippen LogP contribution in [0, 0.1) is 0 Å². The van der Waals surface area contributed by atoms with Crippen molar-refractivity contribution in [1.29, 1.82) is 0 Å². The van der Waals surface area contributed by atoms with Crippen LogP contribution in [0.4, 0.5) is 0 Å². The number of nitrogens with one attached hydrogen (secondary N) is 1. The van der Waals surface area contributed by atoms with Gasteiger partial charge in [0.05, 0.1) is 19.8 Å². The second kappa shape index (κ2) is 7.80. The average Bonchev–Trinajstić information content (AvgIpc) is 3.19. The number of hydrogen-bond acceptors (Lipinski definition) is 7. The van der Waals surface area contributed by atoms with Crippen molar-refractivity contribution in [3.05, 3.63) is 29.8 Å². The van der Waals surface area contributed by atoms with Crippen molar-refractivity contribution in [3.8, 4) is 0 Å². The van der Waals surface area contributed by atoms with Crippen molar-refractivity contribution < 1.29 is 14.4 Å². The standard InChI is InChI=1S/C17H21N3O3S2/c1-17(2)10-18-16(25-17)19-15(21)14(11-3-5-13(24)6-4-11)20-23-12-7-8-22-9-12/h3-6,12,24H,7-10H2,1-2H3,(H,18,19,21)/b20-14+/t12-/m1/s1. The van der Waals surface area contributed by atoms with Gasteiger partial charge in [-0.2, -0.15) is 0 Å². The number of oxime groups is 1. The highest BCUT2D eigenvalue weighted by Crippen LogP contribution is 2.30. The molecule has 0 bridgehead atoms. The average molecular weight is 380 g/mol. The first-order valence-corrected chi connectivity index (χ1v) is 9.35. The maximum Gasteiger partial charge on any atom is 0.279 e. The summed E-state index contributed by atoms with van der Waals surface area (Å²) in [6.45, 7) is 5.99. The summed E-state index contributed by atoms with van der Waals surface area (Å²) < 4.78 is 5.27. The summed E-state index contributed by atoms with van der Waals surface area (Å²) in [5.41, 5.74) is 0.880. The van der Waals surface area contributed by atoms with Crippen molar-refractivity contribution in [2.45, 2.75) is 36.0 Å². The minimum absolute atomic E-state index is 0.00865. The van der Waals surface area contributed by atoms with Gasteiger partial charge < -0.3 is 9.57 Å². The van der Waals surface area contributed by atoms with Crippen LogP contribution < -0.4 is 5.32 Å². The molecule has 3 rings (SSSR count). The molecule has 2 aliphatic heterocycles. The Morgan fingerprint density at radius 3 is 2.80 bits per heavy atom. The van der Waals surface area contributed by atoms with Crippen molar-refractivity contribution in [1.82, 2.24) is 5.32 Å². The third-order valence-corrected chi connectivity index (χ3v) is 5.14. The number of nitrogens with zero attached hydrogens (tertiary/aromatic N) is 2. The molecule has 1 aromatic rings. The number of benzene rings is 1. The molecule has 0 aromatic heterocycles. The predicted molar refractivity (Wildman–Crippen MR) is 103 cm³/mol. The Bertz CT molecular complexity index is 696. The second-order valence-corrected chi connectivity index (χ2v) is 8.73. The van der Waals surface area contributed by atoms with E-state index in [-0.39, 0.29) is 22.5 Å². The number of carbonyl (C=O) groups is 1. The zero-order chi connectivity index (χ0) is 17.9. The summed E-state index contributed by atoms with van der Waals surface area (Å²) in [7, 11) is 0. The van der Waals surface area contributed by atoms with E-state index in [0.717, 1.165) is 11.3 Å². The van der Waals surface area contributed by atoms with Crippen LogP contribution in [0.2, 0.25) is 0 Å². The lowest BCUT2D eigenvalue weighted by Gasteiger charge is -2.14. The van der Waals surface area contributed by atoms with Crippen LogP contribution in [0.1, 0.15) is 25.8 Å². The number of amidine groups is 1. The van der Waals surface area contributed by atoms with E-state index in [1.165, 1.54) is 0 Å². The molecule has 8 heteroatoms. The first-order valence-electron chi connectivity index (χ1n) is 8.09. The van der Waals surface area contributed by atoms with E-state index in [1.54, 1.807) is 23.9 Å². The second-order valence-electron chi connectivity index (χ2n) is 6.52. The Morgan fingerprint density at radius 2 is 2.20 bits per heavy atom. The molecular weight excluding hydrogens is 358 g/mol. The van der Waals surface area contributed by atoms with E-state index >= 15 is 0 Å². The fourth-order valence-electron chi connectivity index (χ4n) is 2.38. The topological polar surface area (TPSA) is 72.3 Å². The number of thioether (sulfide) groups is 1. The number of carbonyl (C=O) groups excluding carboxylic acids is 1. The van der Waals surface area contributed by atoms with E-state index in [1.807, 2.05) is 12.1 Å². The molecule has 1 aromatic carbocycles. The van der Waals surface area contributed by atoms with Gasteiger partial charge in [-0.05, 0) is 26.0 Å². The summed E-state index contributed by atoms with van der Waals surface area (Å²) in [6, 6.07) is 7.21. The first-order chi connectivity index (χ1) is 11.9. The molecule has 1 amide bonds. The fraction of sp³-hybridized carbons (Fsp3) is 0.471. The lowest BCUT2D eigenvalue weighted by Crippen LogP contribution is -2.35. The number of aliphatic imine (C=N–C) groups is 1. The van der Waals surface area contributed by atoms with Crippen LogP contribution in [0.5, 0.6) is 0 Å². The van der Waals surface area contributed by atoms with Gasteiger partial charge in [-0.1, -0.05) is 29.1 Å². The normalized spacial score (nSPS) is 22.6. The minimum Gasteiger partial charge on any atom is -0.389 e. The van der Waals surface area contributed by atoms with E-state index < -0.39 is 0 Å². The van der Waals surface area contributed by atoms with E-state index in [2.05, 4.69) is 41.9 Å². The third-order valence-electron chi connectivity index (χ3n) is 3.73. The molecule has 1 saturated heterocycles. The van der Waals surface area contributed by atoms with Gasteiger partial charge >= 0.3 is 0 Å². The molecule has 0 aliphatic carbocycles. The van der Waals surface area contributed by atoms with Crippen LogP contribution in [-0.4, -0.2) is 47.4 Å². The van der Waals surface area contributed by atoms with Gasteiger partial charge in [0.1, 0.15) is 0 Å². The summed E-state index contributed by atoms with van der Waals surface area (Å²) in [5, 5.41) is 7.56.